The van der Waals surface area contributed by atoms with Crippen molar-refractivity contribution in [3.05, 3.63) is 95.5 Å². The zero-order chi connectivity index (χ0) is 26.2. The van der Waals surface area contributed by atoms with Crippen LogP contribution in [0.15, 0.2) is 84.9 Å². The monoisotopic (exact) mass is 525 g/mol. The van der Waals surface area contributed by atoms with Crippen molar-refractivity contribution in [2.75, 3.05) is 19.8 Å². The van der Waals surface area contributed by atoms with Crippen LogP contribution in [0.25, 0.3) is 0 Å². The molecule has 1 atom stereocenters. The summed E-state index contributed by atoms with van der Waals surface area (Å²) in [4.78, 5) is 24.0. The molecule has 0 radical (unpaired) electrons. The number of Topliss-reactive ketones (excluding diaryl/α,β-unsaturated/α-hetero) is 1. The zero-order valence-corrected chi connectivity index (χ0v) is 22.5. The molecule has 8 heteroatoms. The lowest BCUT2D eigenvalue weighted by Gasteiger charge is -2.43. The lowest BCUT2D eigenvalue weighted by atomic mass is 10.1. The van der Waals surface area contributed by atoms with Gasteiger partial charge in [-0.3, -0.25) is 4.79 Å². The summed E-state index contributed by atoms with van der Waals surface area (Å²) < 4.78 is 12.5. The van der Waals surface area contributed by atoms with E-state index in [0.717, 1.165) is 10.4 Å². The average Bonchev–Trinajstić information content (AvgIpc) is 2.84. The molecule has 6 nitrogen and oxygen atoms in total. The predicted octanol–water partition coefficient (Wildman–Crippen LogP) is 4.75. The Morgan fingerprint density at radius 1 is 0.889 bits per heavy atom. The maximum Gasteiger partial charge on any atom is 0.405 e. The van der Waals surface area contributed by atoms with Gasteiger partial charge in [-0.25, -0.2) is 4.79 Å². The van der Waals surface area contributed by atoms with E-state index >= 15 is 0 Å². The number of carboxylic acid groups (broad SMARTS) is 1. The van der Waals surface area contributed by atoms with E-state index in [-0.39, 0.29) is 30.6 Å². The fourth-order valence-corrected chi connectivity index (χ4v) is 9.04. The molecule has 0 aliphatic rings. The first-order valence-electron chi connectivity index (χ1n) is 11.7. The summed E-state index contributed by atoms with van der Waals surface area (Å²) in [5.41, 5.74) is 0.478. The smallest absolute Gasteiger partial charge is 0.405 e. The van der Waals surface area contributed by atoms with Crippen molar-refractivity contribution in [1.82, 2.24) is 5.32 Å². The van der Waals surface area contributed by atoms with Gasteiger partial charge in [0.05, 0.1) is 19.3 Å². The number of hydrogen-bond acceptors (Lipinski definition) is 4. The number of amides is 1. The van der Waals surface area contributed by atoms with Gasteiger partial charge in [0, 0.05) is 10.6 Å². The van der Waals surface area contributed by atoms with Crippen molar-refractivity contribution in [3.63, 3.8) is 0 Å². The molecule has 3 aromatic rings. The molecule has 190 valence electrons. The first-order valence-corrected chi connectivity index (χ1v) is 14.0. The van der Waals surface area contributed by atoms with Crippen LogP contribution in [0.1, 0.15) is 31.1 Å². The lowest BCUT2D eigenvalue weighted by Crippen LogP contribution is -2.67. The Balaban J connectivity index is 1.81. The molecule has 0 spiro atoms. The summed E-state index contributed by atoms with van der Waals surface area (Å²) in [5, 5.41) is 14.4. The third-order valence-corrected chi connectivity index (χ3v) is 11.2. The van der Waals surface area contributed by atoms with Gasteiger partial charge in [-0.2, -0.15) is 0 Å². The normalized spacial score (nSPS) is 12.7. The molecule has 0 aromatic heterocycles. The maximum absolute atomic E-state index is 12.4. The molecular weight excluding hydrogens is 494 g/mol. The van der Waals surface area contributed by atoms with E-state index in [1.165, 1.54) is 0 Å². The lowest BCUT2D eigenvalue weighted by molar-refractivity contribution is 0.0658. The maximum atomic E-state index is 12.4. The SMILES string of the molecule is CC(C)(C)[Si](OC[C@@H](COCC(=O)c1ccc(Cl)cc1)NC(=O)O)(c1ccccc1)c1ccccc1. The Labute approximate surface area is 218 Å². The van der Waals surface area contributed by atoms with Crippen LogP contribution in [0, 0.1) is 0 Å². The Morgan fingerprint density at radius 3 is 1.89 bits per heavy atom. The quantitative estimate of drug-likeness (QED) is 0.279. The Kier molecular flexibility index (Phi) is 9.45. The molecule has 1 amide bonds. The molecule has 3 aromatic carbocycles. The van der Waals surface area contributed by atoms with Gasteiger partial charge < -0.3 is 19.6 Å². The highest BCUT2D eigenvalue weighted by atomic mass is 35.5. The average molecular weight is 526 g/mol. The van der Waals surface area contributed by atoms with E-state index in [4.69, 9.17) is 20.8 Å². The summed E-state index contributed by atoms with van der Waals surface area (Å²) in [7, 11) is -2.85. The number of carbonyl (C=O) groups excluding carboxylic acids is 1. The number of hydrogen-bond donors (Lipinski definition) is 2. The molecule has 0 saturated carbocycles. The van der Waals surface area contributed by atoms with E-state index in [1.54, 1.807) is 24.3 Å². The van der Waals surface area contributed by atoms with Gasteiger partial charge >= 0.3 is 6.09 Å². The summed E-state index contributed by atoms with van der Waals surface area (Å²) >= 11 is 5.89. The second-order valence-corrected chi connectivity index (χ2v) is 14.3. The Bertz CT molecular complexity index is 1090. The summed E-state index contributed by atoms with van der Waals surface area (Å²) in [5.74, 6) is -0.214. The van der Waals surface area contributed by atoms with Gasteiger partial charge in [-0.05, 0) is 39.7 Å². The van der Waals surface area contributed by atoms with Crippen molar-refractivity contribution in [2.45, 2.75) is 31.9 Å². The van der Waals surface area contributed by atoms with Crippen molar-refractivity contribution in [3.8, 4) is 0 Å². The number of rotatable bonds is 11. The Hall–Kier alpha value is -2.97. The minimum absolute atomic E-state index is 0.0101. The highest BCUT2D eigenvalue weighted by Gasteiger charge is 2.50. The van der Waals surface area contributed by atoms with Crippen LogP contribution >= 0.6 is 11.6 Å². The van der Waals surface area contributed by atoms with Crippen LogP contribution < -0.4 is 15.7 Å². The van der Waals surface area contributed by atoms with Crippen molar-refractivity contribution < 1.29 is 23.9 Å². The summed E-state index contributed by atoms with van der Waals surface area (Å²) in [6.07, 6.45) is -1.18. The first-order chi connectivity index (χ1) is 17.1. The van der Waals surface area contributed by atoms with E-state index in [0.29, 0.717) is 10.6 Å². The number of benzene rings is 3. The molecule has 0 fully saturated rings. The highest BCUT2D eigenvalue weighted by molar-refractivity contribution is 6.99. The fraction of sp³-hybridized carbons (Fsp3) is 0.286. The molecule has 0 heterocycles. The second kappa shape index (κ2) is 12.3. The topological polar surface area (TPSA) is 84.9 Å². The number of halogens is 1. The van der Waals surface area contributed by atoms with Crippen LogP contribution in [-0.4, -0.2) is 51.2 Å². The highest BCUT2D eigenvalue weighted by Crippen LogP contribution is 2.36. The zero-order valence-electron chi connectivity index (χ0n) is 20.7. The molecule has 0 saturated heterocycles. The minimum atomic E-state index is -2.85. The van der Waals surface area contributed by atoms with Gasteiger partial charge in [0.2, 0.25) is 0 Å². The van der Waals surface area contributed by atoms with Gasteiger partial charge in [-0.15, -0.1) is 0 Å². The van der Waals surface area contributed by atoms with Crippen LogP contribution in [-0.2, 0) is 9.16 Å². The molecule has 0 unspecified atom stereocenters. The van der Waals surface area contributed by atoms with E-state index < -0.39 is 20.5 Å². The first kappa shape index (κ1) is 27.6. The third-order valence-electron chi connectivity index (χ3n) is 5.96. The van der Waals surface area contributed by atoms with Crippen molar-refractivity contribution in [1.29, 1.82) is 0 Å². The van der Waals surface area contributed by atoms with Gasteiger partial charge in [0.25, 0.3) is 8.32 Å². The number of ether oxygens (including phenoxy) is 1. The summed E-state index contributed by atoms with van der Waals surface area (Å²) in [6.45, 7) is 6.36. The number of nitrogens with one attached hydrogen (secondary N) is 1. The standard InChI is InChI=1S/C28H32ClNO5Si/c1-28(2,3)36(24-10-6-4-7-11-24,25-12-8-5-9-13-25)35-19-23(30-27(32)33)18-34-20-26(31)21-14-16-22(29)17-15-21/h4-17,23,30H,18-20H2,1-3H3,(H,32,33)/t23-/m1/s1. The van der Waals surface area contributed by atoms with E-state index in [2.05, 4.69) is 50.4 Å². The molecular formula is C28H32ClNO5Si. The van der Waals surface area contributed by atoms with Gasteiger partial charge in [0.15, 0.2) is 5.78 Å². The van der Waals surface area contributed by atoms with Crippen LogP contribution in [0.2, 0.25) is 10.1 Å². The number of carbonyl (C=O) groups is 2. The molecule has 0 aliphatic carbocycles. The predicted molar refractivity (Wildman–Crippen MR) is 145 cm³/mol. The van der Waals surface area contributed by atoms with Gasteiger partial charge in [-0.1, -0.05) is 93.0 Å². The fourth-order valence-electron chi connectivity index (χ4n) is 4.31. The van der Waals surface area contributed by atoms with Crippen molar-refractivity contribution in [2.24, 2.45) is 0 Å². The summed E-state index contributed by atoms with van der Waals surface area (Å²) in [6, 6.07) is 26.1. The van der Waals surface area contributed by atoms with Crippen LogP contribution in [0.5, 0.6) is 0 Å². The van der Waals surface area contributed by atoms with E-state index in [1.807, 2.05) is 36.4 Å². The third kappa shape index (κ3) is 6.82. The molecule has 2 N–H and O–H groups in total. The second-order valence-electron chi connectivity index (χ2n) is 9.57. The molecule has 3 rings (SSSR count). The molecule has 0 aliphatic heterocycles. The minimum Gasteiger partial charge on any atom is -0.465 e. The van der Waals surface area contributed by atoms with E-state index in [9.17, 15) is 14.7 Å². The van der Waals surface area contributed by atoms with Crippen molar-refractivity contribution >= 4 is 42.2 Å². The Morgan fingerprint density at radius 2 is 1.42 bits per heavy atom. The van der Waals surface area contributed by atoms with Crippen LogP contribution in [0.3, 0.4) is 0 Å². The van der Waals surface area contributed by atoms with Crippen LogP contribution in [0.4, 0.5) is 4.79 Å². The molecule has 36 heavy (non-hydrogen) atoms. The molecule has 0 bridgehead atoms. The van der Waals surface area contributed by atoms with Gasteiger partial charge in [0.1, 0.15) is 6.61 Å². The largest absolute Gasteiger partial charge is 0.465 e. The number of ketones is 1.